The molecule has 3 heteroatoms. The lowest BCUT2D eigenvalue weighted by molar-refractivity contribution is 0.587. The molecule has 1 atom stereocenters. The highest BCUT2D eigenvalue weighted by atomic mass is 14.9. The maximum atomic E-state index is 8.74. The second kappa shape index (κ2) is 5.80. The average molecular weight is 199 g/mol. The summed E-state index contributed by atoms with van der Waals surface area (Å²) in [5.41, 5.74) is 1.68. The minimum atomic E-state index is -0.115. The second-order valence-electron chi connectivity index (χ2n) is 3.28. The smallest absolute Gasteiger partial charge is 0.0991 e. The Morgan fingerprint density at radius 2 is 2.20 bits per heavy atom. The van der Waals surface area contributed by atoms with Crippen LogP contribution in [0.1, 0.15) is 24.5 Å². The normalized spacial score (nSPS) is 11.4. The fourth-order valence-electron chi connectivity index (χ4n) is 1.27. The number of hydrogen-bond acceptors (Lipinski definition) is 3. The molecule has 0 saturated carbocycles. The fourth-order valence-corrected chi connectivity index (χ4v) is 1.27. The molecule has 0 aliphatic heterocycles. The summed E-state index contributed by atoms with van der Waals surface area (Å²) in [4.78, 5) is 0. The van der Waals surface area contributed by atoms with Crippen LogP contribution in [0.5, 0.6) is 0 Å². The van der Waals surface area contributed by atoms with Gasteiger partial charge in [-0.25, -0.2) is 0 Å². The highest BCUT2D eigenvalue weighted by molar-refractivity contribution is 5.32. The molecule has 0 aliphatic rings. The Kier molecular flexibility index (Phi) is 4.34. The summed E-state index contributed by atoms with van der Waals surface area (Å²) in [7, 11) is 0. The third kappa shape index (κ3) is 3.42. The number of nitriles is 2. The third-order valence-corrected chi connectivity index (χ3v) is 2.17. The van der Waals surface area contributed by atoms with Crippen molar-refractivity contribution in [3.05, 3.63) is 35.4 Å². The van der Waals surface area contributed by atoms with Gasteiger partial charge in [-0.3, -0.25) is 5.32 Å². The quantitative estimate of drug-likeness (QED) is 0.806. The van der Waals surface area contributed by atoms with Crippen molar-refractivity contribution in [1.82, 2.24) is 5.32 Å². The average Bonchev–Trinajstić information content (AvgIpc) is 2.31. The number of nitrogens with zero attached hydrogens (tertiary/aromatic N) is 2. The van der Waals surface area contributed by atoms with Crippen molar-refractivity contribution in [2.24, 2.45) is 0 Å². The summed E-state index contributed by atoms with van der Waals surface area (Å²) in [5, 5.41) is 20.6. The van der Waals surface area contributed by atoms with E-state index in [1.54, 1.807) is 6.07 Å². The molecule has 15 heavy (non-hydrogen) atoms. The fraction of sp³-hybridized carbons (Fsp3) is 0.333. The lowest BCUT2D eigenvalue weighted by Crippen LogP contribution is -2.26. The van der Waals surface area contributed by atoms with Gasteiger partial charge in [0.15, 0.2) is 0 Å². The number of nitrogens with one attached hydrogen (secondary N) is 1. The monoisotopic (exact) mass is 199 g/mol. The van der Waals surface area contributed by atoms with Crippen LogP contribution in [0.25, 0.3) is 0 Å². The first-order valence-corrected chi connectivity index (χ1v) is 4.92. The Labute approximate surface area is 90.0 Å². The molecule has 0 radical (unpaired) electrons. The Balaban J connectivity index is 2.59. The van der Waals surface area contributed by atoms with Crippen molar-refractivity contribution in [3.8, 4) is 12.1 Å². The van der Waals surface area contributed by atoms with E-state index in [1.165, 1.54) is 0 Å². The summed E-state index contributed by atoms with van der Waals surface area (Å²) in [5.74, 6) is 0. The van der Waals surface area contributed by atoms with Crippen LogP contribution in [0, 0.1) is 22.7 Å². The molecule has 0 amide bonds. The van der Waals surface area contributed by atoms with Crippen LogP contribution in [-0.4, -0.2) is 6.04 Å². The first-order chi connectivity index (χ1) is 7.30. The van der Waals surface area contributed by atoms with Crippen LogP contribution < -0.4 is 5.32 Å². The molecule has 0 heterocycles. The maximum Gasteiger partial charge on any atom is 0.0991 e. The van der Waals surface area contributed by atoms with Crippen LogP contribution in [0.2, 0.25) is 0 Å². The molecule has 0 bridgehead atoms. The van der Waals surface area contributed by atoms with Crippen LogP contribution in [0.4, 0.5) is 0 Å². The predicted molar refractivity (Wildman–Crippen MR) is 57.7 cm³/mol. The lowest BCUT2D eigenvalue weighted by atomic mass is 10.1. The zero-order valence-electron chi connectivity index (χ0n) is 8.70. The van der Waals surface area contributed by atoms with Gasteiger partial charge in [-0.05, 0) is 24.1 Å². The van der Waals surface area contributed by atoms with Gasteiger partial charge in [0.25, 0.3) is 0 Å². The van der Waals surface area contributed by atoms with Gasteiger partial charge in [-0.15, -0.1) is 0 Å². The Hall–Kier alpha value is -1.84. The van der Waals surface area contributed by atoms with Gasteiger partial charge in [-0.1, -0.05) is 19.1 Å². The van der Waals surface area contributed by atoms with E-state index < -0.39 is 0 Å². The second-order valence-corrected chi connectivity index (χ2v) is 3.28. The van der Waals surface area contributed by atoms with E-state index >= 15 is 0 Å². The van der Waals surface area contributed by atoms with Crippen LogP contribution in [0.15, 0.2) is 24.3 Å². The maximum absolute atomic E-state index is 8.74. The van der Waals surface area contributed by atoms with E-state index in [4.69, 9.17) is 10.5 Å². The van der Waals surface area contributed by atoms with Gasteiger partial charge in [0, 0.05) is 6.54 Å². The molecule has 0 aliphatic carbocycles. The SMILES string of the molecule is CCC(C#N)NCc1cccc(C#N)c1. The molecular formula is C12H13N3. The number of rotatable bonds is 4. The van der Waals surface area contributed by atoms with Gasteiger partial charge in [0.05, 0.1) is 23.7 Å². The summed E-state index contributed by atoms with van der Waals surface area (Å²) in [6, 6.07) is 11.5. The highest BCUT2D eigenvalue weighted by Crippen LogP contribution is 2.04. The first kappa shape index (κ1) is 11.2. The largest absolute Gasteiger partial charge is 0.298 e. The van der Waals surface area contributed by atoms with Crippen molar-refractivity contribution >= 4 is 0 Å². The lowest BCUT2D eigenvalue weighted by Gasteiger charge is -2.08. The van der Waals surface area contributed by atoms with Crippen molar-refractivity contribution in [1.29, 1.82) is 10.5 Å². The molecule has 1 rings (SSSR count). The first-order valence-electron chi connectivity index (χ1n) is 4.92. The Bertz CT molecular complexity index is 398. The summed E-state index contributed by atoms with van der Waals surface area (Å²) < 4.78 is 0. The minimum absolute atomic E-state index is 0.115. The van der Waals surface area contributed by atoms with Gasteiger partial charge in [0.2, 0.25) is 0 Å². The van der Waals surface area contributed by atoms with Crippen LogP contribution >= 0.6 is 0 Å². The van der Waals surface area contributed by atoms with Crippen molar-refractivity contribution < 1.29 is 0 Å². The van der Waals surface area contributed by atoms with Gasteiger partial charge >= 0.3 is 0 Å². The van der Waals surface area contributed by atoms with Crippen LogP contribution in [0.3, 0.4) is 0 Å². The molecule has 1 N–H and O–H groups in total. The van der Waals surface area contributed by atoms with Crippen LogP contribution in [-0.2, 0) is 6.54 Å². The Morgan fingerprint density at radius 3 is 2.80 bits per heavy atom. The molecule has 76 valence electrons. The topological polar surface area (TPSA) is 59.6 Å². The number of benzene rings is 1. The third-order valence-electron chi connectivity index (χ3n) is 2.17. The van der Waals surface area contributed by atoms with E-state index in [2.05, 4.69) is 17.5 Å². The minimum Gasteiger partial charge on any atom is -0.298 e. The molecule has 0 spiro atoms. The van der Waals surface area contributed by atoms with E-state index in [1.807, 2.05) is 25.1 Å². The molecule has 0 fully saturated rings. The van der Waals surface area contributed by atoms with E-state index in [9.17, 15) is 0 Å². The van der Waals surface area contributed by atoms with Crippen molar-refractivity contribution in [2.45, 2.75) is 25.9 Å². The summed E-state index contributed by atoms with van der Waals surface area (Å²) >= 11 is 0. The van der Waals surface area contributed by atoms with E-state index in [0.717, 1.165) is 12.0 Å². The molecule has 1 unspecified atom stereocenters. The van der Waals surface area contributed by atoms with Gasteiger partial charge in [0.1, 0.15) is 0 Å². The van der Waals surface area contributed by atoms with E-state index in [0.29, 0.717) is 12.1 Å². The van der Waals surface area contributed by atoms with Crippen molar-refractivity contribution in [2.75, 3.05) is 0 Å². The van der Waals surface area contributed by atoms with Crippen molar-refractivity contribution in [3.63, 3.8) is 0 Å². The van der Waals surface area contributed by atoms with Gasteiger partial charge < -0.3 is 0 Å². The molecule has 1 aromatic carbocycles. The number of hydrogen-bond donors (Lipinski definition) is 1. The van der Waals surface area contributed by atoms with Gasteiger partial charge in [-0.2, -0.15) is 10.5 Å². The standard InChI is InChI=1S/C12H13N3/c1-2-12(8-14)15-9-11-5-3-4-10(6-11)7-13/h3-6,12,15H,2,9H2,1H3. The zero-order valence-corrected chi connectivity index (χ0v) is 8.70. The summed E-state index contributed by atoms with van der Waals surface area (Å²) in [6.07, 6.45) is 0.786. The zero-order chi connectivity index (χ0) is 11.1. The van der Waals surface area contributed by atoms with E-state index in [-0.39, 0.29) is 6.04 Å². The highest BCUT2D eigenvalue weighted by Gasteiger charge is 2.02. The molecule has 0 aromatic heterocycles. The predicted octanol–water partition coefficient (Wildman–Crippen LogP) is 1.95. The molecular weight excluding hydrogens is 186 g/mol. The molecule has 0 saturated heterocycles. The molecule has 1 aromatic rings. The molecule has 3 nitrogen and oxygen atoms in total. The summed E-state index contributed by atoms with van der Waals surface area (Å²) in [6.45, 7) is 2.59. The Morgan fingerprint density at radius 1 is 1.40 bits per heavy atom.